The Morgan fingerprint density at radius 2 is 1.96 bits per heavy atom. The van der Waals surface area contributed by atoms with Gasteiger partial charge in [0.1, 0.15) is 5.82 Å². The normalized spacial score (nSPS) is 21.9. The Morgan fingerprint density at radius 3 is 2.65 bits per heavy atom. The van der Waals surface area contributed by atoms with E-state index in [1.54, 1.807) is 11.6 Å². The van der Waals surface area contributed by atoms with Crippen LogP contribution in [0.15, 0.2) is 29.1 Å². The smallest absolute Gasteiger partial charge is 0.261 e. The number of aliphatic hydroxyl groups excluding tert-OH is 1. The predicted octanol–water partition coefficient (Wildman–Crippen LogP) is 1.92. The standard InChI is InChI=1S/C18H25N3O2/c1-20(14-9-7-13(12-22)8-10-14)11-17-19-16-6-4-3-5-15(16)18(23)21(17)2/h3-6,13-14,22H,7-12H2,1-2H3. The van der Waals surface area contributed by atoms with Gasteiger partial charge in [-0.3, -0.25) is 14.3 Å². The molecule has 0 saturated heterocycles. The molecule has 0 radical (unpaired) electrons. The van der Waals surface area contributed by atoms with Gasteiger partial charge in [0.15, 0.2) is 0 Å². The predicted molar refractivity (Wildman–Crippen MR) is 91.3 cm³/mol. The lowest BCUT2D eigenvalue weighted by Crippen LogP contribution is -2.37. The van der Waals surface area contributed by atoms with Crippen molar-refractivity contribution in [1.82, 2.24) is 14.5 Å². The number of aromatic nitrogens is 2. The first-order valence-electron chi connectivity index (χ1n) is 8.36. The number of benzene rings is 1. The van der Waals surface area contributed by atoms with E-state index < -0.39 is 0 Å². The maximum atomic E-state index is 12.5. The Balaban J connectivity index is 1.79. The third kappa shape index (κ3) is 3.31. The van der Waals surface area contributed by atoms with E-state index in [0.29, 0.717) is 30.5 Å². The fourth-order valence-corrected chi connectivity index (χ4v) is 3.53. The highest BCUT2D eigenvalue weighted by atomic mass is 16.3. The second kappa shape index (κ2) is 6.81. The lowest BCUT2D eigenvalue weighted by atomic mass is 9.86. The average molecular weight is 315 g/mol. The van der Waals surface area contributed by atoms with Crippen LogP contribution in [0.5, 0.6) is 0 Å². The molecule has 23 heavy (non-hydrogen) atoms. The zero-order valence-corrected chi connectivity index (χ0v) is 13.9. The number of rotatable bonds is 4. The summed E-state index contributed by atoms with van der Waals surface area (Å²) < 4.78 is 1.66. The van der Waals surface area contributed by atoms with Gasteiger partial charge >= 0.3 is 0 Å². The second-order valence-electron chi connectivity index (χ2n) is 6.68. The van der Waals surface area contributed by atoms with Crippen LogP contribution >= 0.6 is 0 Å². The molecule has 5 nitrogen and oxygen atoms in total. The van der Waals surface area contributed by atoms with E-state index in [4.69, 9.17) is 0 Å². The van der Waals surface area contributed by atoms with Gasteiger partial charge in [0.05, 0.1) is 17.4 Å². The average Bonchev–Trinajstić information content (AvgIpc) is 2.59. The van der Waals surface area contributed by atoms with Crippen molar-refractivity contribution in [2.75, 3.05) is 13.7 Å². The topological polar surface area (TPSA) is 58.4 Å². The summed E-state index contributed by atoms with van der Waals surface area (Å²) in [6, 6.07) is 8.01. The van der Waals surface area contributed by atoms with Gasteiger partial charge in [-0.1, -0.05) is 12.1 Å². The molecule has 1 aromatic heterocycles. The summed E-state index contributed by atoms with van der Waals surface area (Å²) in [6.07, 6.45) is 4.36. The van der Waals surface area contributed by atoms with Crippen molar-refractivity contribution in [2.45, 2.75) is 38.3 Å². The van der Waals surface area contributed by atoms with E-state index in [1.165, 1.54) is 0 Å². The lowest BCUT2D eigenvalue weighted by Gasteiger charge is -2.34. The van der Waals surface area contributed by atoms with Gasteiger partial charge < -0.3 is 5.11 Å². The highest BCUT2D eigenvalue weighted by Gasteiger charge is 2.24. The van der Waals surface area contributed by atoms with Crippen LogP contribution in [0.1, 0.15) is 31.5 Å². The molecule has 1 aliphatic rings. The fourth-order valence-electron chi connectivity index (χ4n) is 3.53. The maximum absolute atomic E-state index is 12.5. The van der Waals surface area contributed by atoms with E-state index >= 15 is 0 Å². The number of para-hydroxylation sites is 1. The summed E-state index contributed by atoms with van der Waals surface area (Å²) in [4.78, 5) is 19.4. The number of fused-ring (bicyclic) bond motifs is 1. The summed E-state index contributed by atoms with van der Waals surface area (Å²) in [5, 5.41) is 9.93. The fraction of sp³-hybridized carbons (Fsp3) is 0.556. The molecule has 1 fully saturated rings. The van der Waals surface area contributed by atoms with Crippen molar-refractivity contribution in [1.29, 1.82) is 0 Å². The van der Waals surface area contributed by atoms with Crippen molar-refractivity contribution in [3.8, 4) is 0 Å². The van der Waals surface area contributed by atoms with Crippen molar-refractivity contribution < 1.29 is 5.11 Å². The van der Waals surface area contributed by atoms with Crippen molar-refractivity contribution in [3.05, 3.63) is 40.4 Å². The van der Waals surface area contributed by atoms with Gasteiger partial charge in [-0.05, 0) is 50.8 Å². The monoisotopic (exact) mass is 315 g/mol. The van der Waals surface area contributed by atoms with Crippen LogP contribution in [-0.2, 0) is 13.6 Å². The highest BCUT2D eigenvalue weighted by molar-refractivity contribution is 5.77. The Morgan fingerprint density at radius 1 is 1.26 bits per heavy atom. The minimum absolute atomic E-state index is 0.0167. The zero-order chi connectivity index (χ0) is 16.4. The van der Waals surface area contributed by atoms with E-state index in [2.05, 4.69) is 16.9 Å². The Kier molecular flexibility index (Phi) is 4.78. The second-order valence-corrected chi connectivity index (χ2v) is 6.68. The molecule has 0 amide bonds. The molecule has 0 bridgehead atoms. The van der Waals surface area contributed by atoms with Crippen molar-refractivity contribution >= 4 is 10.9 Å². The van der Waals surface area contributed by atoms with Gasteiger partial charge in [0.2, 0.25) is 0 Å². The molecule has 0 unspecified atom stereocenters. The van der Waals surface area contributed by atoms with Crippen molar-refractivity contribution in [3.63, 3.8) is 0 Å². The lowest BCUT2D eigenvalue weighted by molar-refractivity contribution is 0.121. The molecule has 1 aromatic carbocycles. The zero-order valence-electron chi connectivity index (χ0n) is 13.9. The summed E-state index contributed by atoms with van der Waals surface area (Å²) in [5.41, 5.74) is 0.783. The maximum Gasteiger partial charge on any atom is 0.261 e. The molecule has 1 N–H and O–H groups in total. The van der Waals surface area contributed by atoms with E-state index in [9.17, 15) is 9.90 Å². The molecule has 1 heterocycles. The summed E-state index contributed by atoms with van der Waals surface area (Å²) in [6.45, 7) is 0.974. The molecule has 1 aliphatic carbocycles. The Labute approximate surface area is 136 Å². The molecule has 0 atom stereocenters. The van der Waals surface area contributed by atoms with Crippen LogP contribution in [-0.4, -0.2) is 39.3 Å². The molecule has 0 aliphatic heterocycles. The first-order valence-corrected chi connectivity index (χ1v) is 8.36. The molecule has 3 rings (SSSR count). The summed E-state index contributed by atoms with van der Waals surface area (Å²) >= 11 is 0. The van der Waals surface area contributed by atoms with Crippen LogP contribution in [0.25, 0.3) is 10.9 Å². The van der Waals surface area contributed by atoms with Crippen molar-refractivity contribution in [2.24, 2.45) is 13.0 Å². The van der Waals surface area contributed by atoms with Gasteiger partial charge in [-0.15, -0.1) is 0 Å². The van der Waals surface area contributed by atoms with Crippen LogP contribution in [0, 0.1) is 5.92 Å². The van der Waals surface area contributed by atoms with E-state index in [-0.39, 0.29) is 5.56 Å². The van der Waals surface area contributed by atoms with Crippen LogP contribution in [0.3, 0.4) is 0 Å². The largest absolute Gasteiger partial charge is 0.396 e. The van der Waals surface area contributed by atoms with Crippen LogP contribution in [0.4, 0.5) is 0 Å². The Hall–Kier alpha value is -1.72. The van der Waals surface area contributed by atoms with Gasteiger partial charge in [0, 0.05) is 19.7 Å². The SMILES string of the molecule is CN(Cc1nc2ccccc2c(=O)n1C)C1CCC(CO)CC1. The molecule has 124 valence electrons. The number of hydrogen-bond acceptors (Lipinski definition) is 4. The van der Waals surface area contributed by atoms with E-state index in [1.807, 2.05) is 24.3 Å². The number of hydrogen-bond donors (Lipinski definition) is 1. The molecule has 1 saturated carbocycles. The molecular formula is C18H25N3O2. The Bertz CT molecular complexity index is 733. The van der Waals surface area contributed by atoms with Crippen LogP contribution in [0.2, 0.25) is 0 Å². The molecule has 2 aromatic rings. The van der Waals surface area contributed by atoms with Gasteiger partial charge in [-0.2, -0.15) is 0 Å². The third-order valence-electron chi connectivity index (χ3n) is 5.16. The minimum Gasteiger partial charge on any atom is -0.396 e. The van der Waals surface area contributed by atoms with E-state index in [0.717, 1.165) is 37.0 Å². The molecular weight excluding hydrogens is 290 g/mol. The molecule has 0 spiro atoms. The van der Waals surface area contributed by atoms with Gasteiger partial charge in [0.25, 0.3) is 5.56 Å². The summed E-state index contributed by atoms with van der Waals surface area (Å²) in [5.74, 6) is 1.27. The quantitative estimate of drug-likeness (QED) is 0.936. The number of nitrogens with zero attached hydrogens (tertiary/aromatic N) is 3. The minimum atomic E-state index is 0.0167. The highest BCUT2D eigenvalue weighted by Crippen LogP contribution is 2.27. The first-order chi connectivity index (χ1) is 11.1. The number of aliphatic hydroxyl groups is 1. The van der Waals surface area contributed by atoms with Gasteiger partial charge in [-0.25, -0.2) is 4.98 Å². The molecule has 5 heteroatoms. The van der Waals surface area contributed by atoms with Crippen LogP contribution < -0.4 is 5.56 Å². The third-order valence-corrected chi connectivity index (χ3v) is 5.16. The first kappa shape index (κ1) is 16.1. The summed E-state index contributed by atoms with van der Waals surface area (Å²) in [7, 11) is 3.90.